The van der Waals surface area contributed by atoms with Gasteiger partial charge in [0.25, 0.3) is 11.8 Å². The summed E-state index contributed by atoms with van der Waals surface area (Å²) in [6.45, 7) is 5.86. The molecule has 0 saturated heterocycles. The van der Waals surface area contributed by atoms with Crippen LogP contribution < -0.4 is 10.2 Å². The summed E-state index contributed by atoms with van der Waals surface area (Å²) in [5.41, 5.74) is 5.23. The Morgan fingerprint density at radius 2 is 1.52 bits per heavy atom. The number of amides is 2. The van der Waals surface area contributed by atoms with Gasteiger partial charge in [0.05, 0.1) is 16.3 Å². The van der Waals surface area contributed by atoms with Crippen LogP contribution in [0.5, 0.6) is 0 Å². The van der Waals surface area contributed by atoms with Crippen LogP contribution >= 0.6 is 23.2 Å². The fraction of sp³-hybridized carbons (Fsp3) is 0.120. The Morgan fingerprint density at radius 1 is 0.774 bits per heavy atom. The first-order chi connectivity index (χ1) is 14.8. The van der Waals surface area contributed by atoms with Gasteiger partial charge in [0.15, 0.2) is 0 Å². The smallest absolute Gasteiger partial charge is 0.282 e. The van der Waals surface area contributed by atoms with Gasteiger partial charge in [0.2, 0.25) is 0 Å². The second-order valence-electron chi connectivity index (χ2n) is 7.53. The fourth-order valence-electron chi connectivity index (χ4n) is 3.56. The first kappa shape index (κ1) is 21.2. The van der Waals surface area contributed by atoms with E-state index in [0.717, 1.165) is 21.6 Å². The van der Waals surface area contributed by atoms with E-state index in [1.807, 2.05) is 39.0 Å². The van der Waals surface area contributed by atoms with Crippen LogP contribution in [0.4, 0.5) is 11.4 Å². The lowest BCUT2D eigenvalue weighted by atomic mass is 9.99. The van der Waals surface area contributed by atoms with Crippen molar-refractivity contribution in [2.75, 3.05) is 10.2 Å². The number of anilines is 2. The highest BCUT2D eigenvalue weighted by molar-refractivity contribution is 6.48. The third kappa shape index (κ3) is 3.85. The minimum Gasteiger partial charge on any atom is -0.350 e. The highest BCUT2D eigenvalue weighted by atomic mass is 35.5. The molecule has 0 fully saturated rings. The zero-order valence-corrected chi connectivity index (χ0v) is 18.8. The zero-order valence-electron chi connectivity index (χ0n) is 17.3. The second kappa shape index (κ2) is 8.22. The molecule has 2 amide bonds. The van der Waals surface area contributed by atoms with Crippen molar-refractivity contribution < 1.29 is 9.59 Å². The third-order valence-electron chi connectivity index (χ3n) is 5.42. The first-order valence-corrected chi connectivity index (χ1v) is 10.5. The maximum Gasteiger partial charge on any atom is 0.282 e. The van der Waals surface area contributed by atoms with E-state index in [9.17, 15) is 9.59 Å². The fourth-order valence-corrected chi connectivity index (χ4v) is 4.01. The third-order valence-corrected chi connectivity index (χ3v) is 5.98. The summed E-state index contributed by atoms with van der Waals surface area (Å²) in [6, 6.07) is 17.9. The Hall–Kier alpha value is -3.08. The number of nitrogens with one attached hydrogen (secondary N) is 1. The number of carbonyl (C=O) groups is 2. The van der Waals surface area contributed by atoms with Crippen molar-refractivity contribution in [3.05, 3.63) is 98.7 Å². The molecule has 1 aliphatic heterocycles. The predicted octanol–water partition coefficient (Wildman–Crippen LogP) is 6.32. The number of para-hydroxylation sites is 1. The molecule has 0 radical (unpaired) electrons. The van der Waals surface area contributed by atoms with Crippen LogP contribution in [0, 0.1) is 20.8 Å². The SMILES string of the molecule is Cc1ccc(C2=C(Nc3ccc(Cl)cc3C)C(=O)N(c3ccccc3Cl)C2=O)cc1C. The molecular formula is C25H20Cl2N2O2. The van der Waals surface area contributed by atoms with Gasteiger partial charge in [0.1, 0.15) is 5.70 Å². The average molecular weight is 451 g/mol. The van der Waals surface area contributed by atoms with Gasteiger partial charge in [-0.1, -0.05) is 53.5 Å². The molecule has 4 rings (SSSR count). The Balaban J connectivity index is 1.88. The van der Waals surface area contributed by atoms with Crippen molar-refractivity contribution >= 4 is 52.0 Å². The molecule has 1 heterocycles. The number of imide groups is 1. The standard InChI is InChI=1S/C25H20Cl2N2O2/c1-14-8-9-17(12-15(14)2)22-23(28-20-11-10-18(26)13-16(20)3)25(31)29(24(22)30)21-7-5-4-6-19(21)27/h4-13,28H,1-3H3. The van der Waals surface area contributed by atoms with Gasteiger partial charge in [-0.25, -0.2) is 4.90 Å². The Morgan fingerprint density at radius 3 is 2.19 bits per heavy atom. The minimum absolute atomic E-state index is 0.207. The van der Waals surface area contributed by atoms with Crippen LogP contribution in [0.15, 0.2) is 66.4 Å². The number of nitrogens with zero attached hydrogens (tertiary/aromatic N) is 1. The molecule has 3 aromatic carbocycles. The summed E-state index contributed by atoms with van der Waals surface area (Å²) >= 11 is 12.4. The number of hydrogen-bond donors (Lipinski definition) is 1. The Kier molecular flexibility index (Phi) is 5.61. The maximum atomic E-state index is 13.5. The molecule has 0 aliphatic carbocycles. The summed E-state index contributed by atoms with van der Waals surface area (Å²) in [7, 11) is 0. The van der Waals surface area contributed by atoms with Crippen molar-refractivity contribution in [2.45, 2.75) is 20.8 Å². The number of aryl methyl sites for hydroxylation is 3. The number of halogens is 2. The molecule has 0 bridgehead atoms. The van der Waals surface area contributed by atoms with E-state index < -0.39 is 11.8 Å². The monoisotopic (exact) mass is 450 g/mol. The zero-order chi connectivity index (χ0) is 22.3. The molecule has 156 valence electrons. The van der Waals surface area contributed by atoms with Gasteiger partial charge in [-0.3, -0.25) is 9.59 Å². The van der Waals surface area contributed by atoms with Crippen LogP contribution in [-0.4, -0.2) is 11.8 Å². The lowest BCUT2D eigenvalue weighted by Crippen LogP contribution is -2.32. The van der Waals surface area contributed by atoms with Crippen molar-refractivity contribution in [1.29, 1.82) is 0 Å². The summed E-state index contributed by atoms with van der Waals surface area (Å²) in [5.74, 6) is -0.879. The summed E-state index contributed by atoms with van der Waals surface area (Å²) in [4.78, 5) is 28.1. The van der Waals surface area contributed by atoms with E-state index in [1.165, 1.54) is 0 Å². The van der Waals surface area contributed by atoms with Gasteiger partial charge in [-0.15, -0.1) is 0 Å². The molecular weight excluding hydrogens is 431 g/mol. The predicted molar refractivity (Wildman–Crippen MR) is 127 cm³/mol. The van der Waals surface area contributed by atoms with E-state index in [4.69, 9.17) is 23.2 Å². The highest BCUT2D eigenvalue weighted by Gasteiger charge is 2.41. The van der Waals surface area contributed by atoms with Gasteiger partial charge in [-0.05, 0) is 73.4 Å². The van der Waals surface area contributed by atoms with Crippen molar-refractivity contribution in [2.24, 2.45) is 0 Å². The van der Waals surface area contributed by atoms with Crippen molar-refractivity contribution in [3.8, 4) is 0 Å². The second-order valence-corrected chi connectivity index (χ2v) is 8.37. The summed E-state index contributed by atoms with van der Waals surface area (Å²) in [6.07, 6.45) is 0. The van der Waals surface area contributed by atoms with E-state index >= 15 is 0 Å². The normalized spacial score (nSPS) is 13.9. The van der Waals surface area contributed by atoms with E-state index in [0.29, 0.717) is 32.6 Å². The number of hydrogen-bond acceptors (Lipinski definition) is 3. The van der Waals surface area contributed by atoms with Crippen LogP contribution in [0.2, 0.25) is 10.0 Å². The molecule has 0 aromatic heterocycles. The van der Waals surface area contributed by atoms with E-state index in [-0.39, 0.29) is 5.70 Å². The van der Waals surface area contributed by atoms with Crippen LogP contribution in [0.1, 0.15) is 22.3 Å². The van der Waals surface area contributed by atoms with Gasteiger partial charge in [0, 0.05) is 10.7 Å². The molecule has 1 N–H and O–H groups in total. The average Bonchev–Trinajstić information content (AvgIpc) is 2.96. The molecule has 0 unspecified atom stereocenters. The molecule has 31 heavy (non-hydrogen) atoms. The molecule has 0 saturated carbocycles. The Labute approximate surface area is 191 Å². The van der Waals surface area contributed by atoms with Crippen molar-refractivity contribution in [3.63, 3.8) is 0 Å². The number of rotatable bonds is 4. The topological polar surface area (TPSA) is 49.4 Å². The summed E-state index contributed by atoms with van der Waals surface area (Å²) < 4.78 is 0. The van der Waals surface area contributed by atoms with Crippen LogP contribution in [0.3, 0.4) is 0 Å². The highest BCUT2D eigenvalue weighted by Crippen LogP contribution is 2.37. The quantitative estimate of drug-likeness (QED) is 0.473. The van der Waals surface area contributed by atoms with E-state index in [2.05, 4.69) is 5.32 Å². The lowest BCUT2D eigenvalue weighted by molar-refractivity contribution is -0.120. The first-order valence-electron chi connectivity index (χ1n) is 9.76. The molecule has 0 spiro atoms. The largest absolute Gasteiger partial charge is 0.350 e. The molecule has 4 nitrogen and oxygen atoms in total. The Bertz CT molecular complexity index is 1260. The molecule has 0 atom stereocenters. The summed E-state index contributed by atoms with van der Waals surface area (Å²) in [5, 5.41) is 4.11. The minimum atomic E-state index is -0.458. The molecule has 3 aromatic rings. The number of benzene rings is 3. The van der Waals surface area contributed by atoms with Gasteiger partial charge >= 0.3 is 0 Å². The van der Waals surface area contributed by atoms with Gasteiger partial charge < -0.3 is 5.32 Å². The van der Waals surface area contributed by atoms with Crippen LogP contribution in [-0.2, 0) is 9.59 Å². The lowest BCUT2D eigenvalue weighted by Gasteiger charge is -2.17. The van der Waals surface area contributed by atoms with Gasteiger partial charge in [-0.2, -0.15) is 0 Å². The number of carbonyl (C=O) groups excluding carboxylic acids is 2. The molecule has 1 aliphatic rings. The van der Waals surface area contributed by atoms with E-state index in [1.54, 1.807) is 42.5 Å². The molecule has 6 heteroatoms. The van der Waals surface area contributed by atoms with Crippen LogP contribution in [0.25, 0.3) is 5.57 Å². The maximum absolute atomic E-state index is 13.5. The van der Waals surface area contributed by atoms with Crippen molar-refractivity contribution in [1.82, 2.24) is 0 Å².